The Bertz CT molecular complexity index is 1520. The summed E-state index contributed by atoms with van der Waals surface area (Å²) in [5.41, 5.74) is 4.16. The maximum atomic E-state index is 12.7. The number of nitrogens with one attached hydrogen (secondary N) is 1. The molecule has 2 aromatic heterocycles. The summed E-state index contributed by atoms with van der Waals surface area (Å²) < 4.78 is 19.5. The molecule has 1 N–H and O–H groups in total. The molecule has 5 rings (SSSR count). The van der Waals surface area contributed by atoms with E-state index >= 15 is 0 Å². The van der Waals surface area contributed by atoms with Crippen molar-refractivity contribution in [2.24, 2.45) is 0 Å². The monoisotopic (exact) mass is 541 g/mol. The molecule has 0 aliphatic carbocycles. The summed E-state index contributed by atoms with van der Waals surface area (Å²) in [5, 5.41) is 12.4. The second kappa shape index (κ2) is 9.79. The van der Waals surface area contributed by atoms with Crippen LogP contribution in [0.1, 0.15) is 16.1 Å². The molecule has 1 aliphatic heterocycles. The predicted molar refractivity (Wildman–Crippen MR) is 137 cm³/mol. The number of ether oxygens (including phenoxy) is 3. The van der Waals surface area contributed by atoms with Crippen molar-refractivity contribution in [1.82, 2.24) is 24.9 Å². The highest BCUT2D eigenvalue weighted by Gasteiger charge is 2.31. The number of methoxy groups -OCH3 is 2. The third kappa shape index (κ3) is 4.49. The van der Waals surface area contributed by atoms with Crippen molar-refractivity contribution >= 4 is 35.1 Å². The van der Waals surface area contributed by atoms with Crippen LogP contribution in [0.5, 0.6) is 11.5 Å². The van der Waals surface area contributed by atoms with Gasteiger partial charge in [-0.2, -0.15) is 10.2 Å². The Hall–Kier alpha value is -4.02. The molecule has 0 atom stereocenters. The summed E-state index contributed by atoms with van der Waals surface area (Å²) in [4.78, 5) is 24.4. The van der Waals surface area contributed by atoms with E-state index in [4.69, 9.17) is 37.4 Å². The molecule has 0 fully saturated rings. The average molecular weight is 542 g/mol. The van der Waals surface area contributed by atoms with Crippen LogP contribution in [0, 0.1) is 0 Å². The minimum Gasteiger partial charge on any atom is -0.496 e. The molecule has 0 spiro atoms. The van der Waals surface area contributed by atoms with E-state index in [0.29, 0.717) is 55.2 Å². The first-order chi connectivity index (χ1) is 17.8. The number of rotatable bonds is 6. The normalized spacial score (nSPS) is 11.8. The molecule has 4 aromatic rings. The molecular formula is C25H21Cl2N5O5. The van der Waals surface area contributed by atoms with Gasteiger partial charge in [0.15, 0.2) is 5.69 Å². The highest BCUT2D eigenvalue weighted by molar-refractivity contribution is 6.34. The van der Waals surface area contributed by atoms with E-state index < -0.39 is 5.97 Å². The Morgan fingerprint density at radius 3 is 2.54 bits per heavy atom. The van der Waals surface area contributed by atoms with Gasteiger partial charge < -0.3 is 19.5 Å². The van der Waals surface area contributed by atoms with E-state index in [-0.39, 0.29) is 24.8 Å². The lowest BCUT2D eigenvalue weighted by molar-refractivity contribution is -0.141. The topological polar surface area (TPSA) is 110 Å². The Morgan fingerprint density at radius 1 is 1.11 bits per heavy atom. The summed E-state index contributed by atoms with van der Waals surface area (Å²) in [6.45, 7) is 0.0910. The van der Waals surface area contributed by atoms with Crippen molar-refractivity contribution in [3.05, 3.63) is 64.0 Å². The molecule has 0 unspecified atom stereocenters. The zero-order valence-corrected chi connectivity index (χ0v) is 21.6. The maximum absolute atomic E-state index is 12.7. The molecule has 1 aliphatic rings. The summed E-state index contributed by atoms with van der Waals surface area (Å²) in [5.74, 6) is 0.319. The van der Waals surface area contributed by atoms with Gasteiger partial charge in [-0.25, -0.2) is 4.68 Å². The fourth-order valence-electron chi connectivity index (χ4n) is 4.21. The van der Waals surface area contributed by atoms with E-state index in [1.54, 1.807) is 48.5 Å². The van der Waals surface area contributed by atoms with Crippen molar-refractivity contribution in [2.75, 3.05) is 21.3 Å². The Balaban J connectivity index is 1.72. The maximum Gasteiger partial charge on any atom is 0.327 e. The van der Waals surface area contributed by atoms with Gasteiger partial charge in [-0.05, 0) is 24.3 Å². The van der Waals surface area contributed by atoms with Crippen molar-refractivity contribution in [3.8, 4) is 39.6 Å². The van der Waals surface area contributed by atoms with Crippen LogP contribution in [0.25, 0.3) is 28.1 Å². The molecule has 190 valence electrons. The molecular weight excluding hydrogens is 521 g/mol. The summed E-state index contributed by atoms with van der Waals surface area (Å²) in [6, 6.07) is 8.69. The number of hydrogen-bond acceptors (Lipinski definition) is 7. The van der Waals surface area contributed by atoms with Crippen LogP contribution in [-0.2, 0) is 22.7 Å². The van der Waals surface area contributed by atoms with Crippen LogP contribution in [0.4, 0.5) is 0 Å². The Kier molecular flexibility index (Phi) is 6.53. The first-order valence-corrected chi connectivity index (χ1v) is 11.8. The molecule has 0 saturated heterocycles. The minimum absolute atomic E-state index is 0.0329. The largest absolute Gasteiger partial charge is 0.496 e. The highest BCUT2D eigenvalue weighted by Crippen LogP contribution is 2.46. The zero-order valence-electron chi connectivity index (χ0n) is 20.0. The van der Waals surface area contributed by atoms with Crippen molar-refractivity contribution in [2.45, 2.75) is 13.2 Å². The first kappa shape index (κ1) is 24.7. The van der Waals surface area contributed by atoms with E-state index in [2.05, 4.69) is 15.5 Å². The molecule has 12 heteroatoms. The summed E-state index contributed by atoms with van der Waals surface area (Å²) in [6.07, 6.45) is 3.34. The predicted octanol–water partition coefficient (Wildman–Crippen LogP) is 4.14. The van der Waals surface area contributed by atoms with E-state index in [9.17, 15) is 9.59 Å². The number of amides is 1. The number of halogens is 2. The van der Waals surface area contributed by atoms with E-state index in [1.165, 1.54) is 18.8 Å². The van der Waals surface area contributed by atoms with Crippen LogP contribution >= 0.6 is 23.2 Å². The molecule has 37 heavy (non-hydrogen) atoms. The van der Waals surface area contributed by atoms with Gasteiger partial charge in [-0.15, -0.1) is 0 Å². The van der Waals surface area contributed by atoms with Gasteiger partial charge in [-0.3, -0.25) is 14.3 Å². The SMILES string of the molecule is CNC(=O)c1nn(-c2cc(Cl)cc(Cl)c2)c2c1COc1cc(OC)c(-c3cnn(CC(=O)OC)c3)cc1-2. The van der Waals surface area contributed by atoms with E-state index in [0.717, 1.165) is 0 Å². The van der Waals surface area contributed by atoms with Crippen LogP contribution in [0.2, 0.25) is 10.0 Å². The minimum atomic E-state index is -0.420. The number of carbonyl (C=O) groups is 2. The lowest BCUT2D eigenvalue weighted by atomic mass is 9.97. The van der Waals surface area contributed by atoms with Crippen LogP contribution in [-0.4, -0.2) is 52.7 Å². The highest BCUT2D eigenvalue weighted by atomic mass is 35.5. The van der Waals surface area contributed by atoms with Gasteiger partial charge in [0, 0.05) is 51.6 Å². The second-order valence-corrected chi connectivity index (χ2v) is 9.01. The number of aromatic nitrogens is 4. The molecule has 1 amide bonds. The van der Waals surface area contributed by atoms with Gasteiger partial charge in [0.05, 0.1) is 31.8 Å². The molecule has 0 bridgehead atoms. The number of fused-ring (bicyclic) bond motifs is 3. The standard InChI is InChI=1S/C25H21Cl2N5O5/c1-28-25(34)23-19-12-37-21-8-20(35-2)17(13-9-29-31(10-13)11-22(33)36-3)7-18(21)24(19)32(30-23)16-5-14(26)4-15(27)6-16/h4-10H,11-12H2,1-3H3,(H,28,34). The third-order valence-electron chi connectivity index (χ3n) is 5.91. The molecule has 3 heterocycles. The van der Waals surface area contributed by atoms with Gasteiger partial charge in [-0.1, -0.05) is 23.2 Å². The van der Waals surface area contributed by atoms with Gasteiger partial charge in [0.25, 0.3) is 5.91 Å². The number of hydrogen-bond donors (Lipinski definition) is 1. The summed E-state index contributed by atoms with van der Waals surface area (Å²) >= 11 is 12.6. The van der Waals surface area contributed by atoms with E-state index in [1.807, 2.05) is 6.07 Å². The van der Waals surface area contributed by atoms with Crippen LogP contribution in [0.3, 0.4) is 0 Å². The number of esters is 1. The first-order valence-electron chi connectivity index (χ1n) is 11.1. The third-order valence-corrected chi connectivity index (χ3v) is 6.35. The molecule has 0 saturated carbocycles. The fourth-order valence-corrected chi connectivity index (χ4v) is 4.72. The quantitative estimate of drug-likeness (QED) is 0.365. The van der Waals surface area contributed by atoms with Gasteiger partial charge in [0.1, 0.15) is 24.7 Å². The van der Waals surface area contributed by atoms with Gasteiger partial charge in [0.2, 0.25) is 0 Å². The average Bonchev–Trinajstić information content (AvgIpc) is 3.51. The van der Waals surface area contributed by atoms with Crippen LogP contribution < -0.4 is 14.8 Å². The van der Waals surface area contributed by atoms with Gasteiger partial charge >= 0.3 is 5.97 Å². The smallest absolute Gasteiger partial charge is 0.327 e. The van der Waals surface area contributed by atoms with Crippen molar-refractivity contribution < 1.29 is 23.8 Å². The second-order valence-electron chi connectivity index (χ2n) is 8.13. The Labute approximate surface area is 221 Å². The molecule has 10 nitrogen and oxygen atoms in total. The van der Waals surface area contributed by atoms with Crippen LogP contribution in [0.15, 0.2) is 42.7 Å². The van der Waals surface area contributed by atoms with Crippen molar-refractivity contribution in [3.63, 3.8) is 0 Å². The van der Waals surface area contributed by atoms with Crippen molar-refractivity contribution in [1.29, 1.82) is 0 Å². The number of benzene rings is 2. The molecule has 0 radical (unpaired) electrons. The number of carbonyl (C=O) groups excluding carboxylic acids is 2. The fraction of sp³-hybridized carbons (Fsp3) is 0.200. The molecule has 2 aromatic carbocycles. The Morgan fingerprint density at radius 2 is 1.86 bits per heavy atom. The lowest BCUT2D eigenvalue weighted by Crippen LogP contribution is -2.21. The number of nitrogens with zero attached hydrogens (tertiary/aromatic N) is 4. The lowest BCUT2D eigenvalue weighted by Gasteiger charge is -2.22. The zero-order chi connectivity index (χ0) is 26.3. The summed E-state index contributed by atoms with van der Waals surface area (Å²) in [7, 11) is 4.41.